The number of halogens is 1. The van der Waals surface area contributed by atoms with E-state index >= 15 is 0 Å². The van der Waals surface area contributed by atoms with Crippen molar-refractivity contribution in [1.82, 2.24) is 14.5 Å². The first-order chi connectivity index (χ1) is 11.1. The van der Waals surface area contributed by atoms with E-state index < -0.39 is 6.09 Å². The monoisotopic (exact) mass is 380 g/mol. The number of hydrogen-bond acceptors (Lipinski definition) is 5. The zero-order valence-electron chi connectivity index (χ0n) is 12.0. The highest BCUT2D eigenvalue weighted by molar-refractivity contribution is 9.10. The van der Waals surface area contributed by atoms with Crippen LogP contribution in [0.3, 0.4) is 0 Å². The zero-order valence-corrected chi connectivity index (χ0v) is 13.6. The lowest BCUT2D eigenvalue weighted by molar-refractivity contribution is -0.0412. The van der Waals surface area contributed by atoms with Gasteiger partial charge in [0, 0.05) is 11.0 Å². The van der Waals surface area contributed by atoms with Gasteiger partial charge in [-0.3, -0.25) is 0 Å². The third-order valence-corrected chi connectivity index (χ3v) is 4.11. The van der Waals surface area contributed by atoms with Crippen LogP contribution in [-0.4, -0.2) is 58.1 Å². The Balaban J connectivity index is 1.70. The van der Waals surface area contributed by atoms with Gasteiger partial charge in [0.1, 0.15) is 24.5 Å². The highest BCUT2D eigenvalue weighted by Gasteiger charge is 2.24. The molecular formula is C14H13BrN4O4. The minimum absolute atomic E-state index is 0.230. The number of hydrogen-bond donors (Lipinski definition) is 1. The number of nitriles is 1. The number of fused-ring (bicyclic) bond motifs is 1. The van der Waals surface area contributed by atoms with E-state index in [0.29, 0.717) is 34.5 Å². The lowest BCUT2D eigenvalue weighted by Crippen LogP contribution is -2.47. The topological polar surface area (TPSA) is 100 Å². The third kappa shape index (κ3) is 3.23. The maximum Gasteiger partial charge on any atom is 0.407 e. The second-order valence-electron chi connectivity index (χ2n) is 5.02. The molecule has 2 aromatic heterocycles. The molecule has 1 unspecified atom stereocenters. The summed E-state index contributed by atoms with van der Waals surface area (Å²) in [6.45, 7) is 1.23. The smallest absolute Gasteiger partial charge is 0.407 e. The Morgan fingerprint density at radius 2 is 2.48 bits per heavy atom. The Hall–Kier alpha value is -2.31. The summed E-state index contributed by atoms with van der Waals surface area (Å²) in [4.78, 5) is 12.3. The normalized spacial score (nSPS) is 17.9. The van der Waals surface area contributed by atoms with Crippen LogP contribution in [0.25, 0.3) is 5.52 Å². The average Bonchev–Trinajstić information content (AvgIpc) is 2.97. The van der Waals surface area contributed by atoms with Gasteiger partial charge in [0.2, 0.25) is 0 Å². The molecule has 3 rings (SSSR count). The number of nitrogens with zero attached hydrogens (tertiary/aromatic N) is 4. The molecule has 0 bridgehead atoms. The first kappa shape index (κ1) is 15.6. The summed E-state index contributed by atoms with van der Waals surface area (Å²) in [5.74, 6) is 0.549. The summed E-state index contributed by atoms with van der Waals surface area (Å²) in [6, 6.07) is 3.82. The van der Waals surface area contributed by atoms with Gasteiger partial charge in [-0.2, -0.15) is 10.4 Å². The predicted molar refractivity (Wildman–Crippen MR) is 82.4 cm³/mol. The maximum atomic E-state index is 11.0. The van der Waals surface area contributed by atoms with Gasteiger partial charge in [-0.05, 0) is 22.0 Å². The second-order valence-corrected chi connectivity index (χ2v) is 5.87. The Bertz CT molecular complexity index is 785. The zero-order chi connectivity index (χ0) is 16.4. The number of rotatable bonds is 3. The quantitative estimate of drug-likeness (QED) is 0.869. The Morgan fingerprint density at radius 1 is 1.65 bits per heavy atom. The number of pyridine rings is 1. The lowest BCUT2D eigenvalue weighted by atomic mass is 10.3. The van der Waals surface area contributed by atoms with E-state index in [2.05, 4.69) is 27.1 Å². The van der Waals surface area contributed by atoms with Gasteiger partial charge in [-0.15, -0.1) is 0 Å². The van der Waals surface area contributed by atoms with Crippen LogP contribution < -0.4 is 4.74 Å². The van der Waals surface area contributed by atoms with Crippen LogP contribution >= 0.6 is 15.9 Å². The van der Waals surface area contributed by atoms with Crippen molar-refractivity contribution in [2.75, 3.05) is 26.3 Å². The molecule has 1 N–H and O–H groups in total. The standard InChI is InChI=1S/C14H13BrN4O4/c15-12-3-10(7-19-13(12)9(4-16)5-17-19)23-8-11-6-18(14(20)21)1-2-22-11/h3,5,7,11H,1-2,6,8H2,(H,20,21). The average molecular weight is 381 g/mol. The first-order valence-electron chi connectivity index (χ1n) is 6.87. The van der Waals surface area contributed by atoms with E-state index in [1.165, 1.54) is 11.1 Å². The van der Waals surface area contributed by atoms with Crippen LogP contribution in [0.15, 0.2) is 22.9 Å². The van der Waals surface area contributed by atoms with Gasteiger partial charge in [-0.1, -0.05) is 0 Å². The number of ether oxygens (including phenoxy) is 2. The molecule has 1 fully saturated rings. The summed E-state index contributed by atoms with van der Waals surface area (Å²) in [7, 11) is 0. The SMILES string of the molecule is N#Cc1cnn2cc(OCC3CN(C(=O)O)CCO3)cc(Br)c12. The van der Waals surface area contributed by atoms with E-state index in [-0.39, 0.29) is 19.3 Å². The summed E-state index contributed by atoms with van der Waals surface area (Å²) in [5.41, 5.74) is 1.14. The van der Waals surface area contributed by atoms with Crippen molar-refractivity contribution in [3.8, 4) is 11.8 Å². The Kier molecular flexibility index (Phi) is 4.36. The fraction of sp³-hybridized carbons (Fsp3) is 0.357. The number of carboxylic acid groups (broad SMARTS) is 1. The molecule has 1 aliphatic heterocycles. The van der Waals surface area contributed by atoms with E-state index in [1.54, 1.807) is 16.8 Å². The lowest BCUT2D eigenvalue weighted by Gasteiger charge is -2.30. The van der Waals surface area contributed by atoms with Crippen LogP contribution in [0.1, 0.15) is 5.56 Å². The molecule has 1 amide bonds. The summed E-state index contributed by atoms with van der Waals surface area (Å²) < 4.78 is 13.5. The van der Waals surface area contributed by atoms with Crippen LogP contribution in [0.4, 0.5) is 4.79 Å². The van der Waals surface area contributed by atoms with E-state index in [4.69, 9.17) is 19.8 Å². The number of amides is 1. The second kappa shape index (κ2) is 6.44. The fourth-order valence-corrected chi connectivity index (χ4v) is 3.01. The van der Waals surface area contributed by atoms with Crippen LogP contribution in [0, 0.1) is 11.3 Å². The van der Waals surface area contributed by atoms with Crippen molar-refractivity contribution >= 4 is 27.5 Å². The van der Waals surface area contributed by atoms with Crippen molar-refractivity contribution < 1.29 is 19.4 Å². The van der Waals surface area contributed by atoms with Gasteiger partial charge in [0.05, 0.1) is 36.6 Å². The van der Waals surface area contributed by atoms with Crippen LogP contribution in [0.2, 0.25) is 0 Å². The highest BCUT2D eigenvalue weighted by Crippen LogP contribution is 2.26. The molecule has 8 nitrogen and oxygen atoms in total. The molecule has 0 aliphatic carbocycles. The molecule has 1 aliphatic rings. The van der Waals surface area contributed by atoms with Crippen LogP contribution in [-0.2, 0) is 4.74 Å². The maximum absolute atomic E-state index is 11.0. The van der Waals surface area contributed by atoms with Crippen molar-refractivity contribution in [3.05, 3.63) is 28.5 Å². The molecule has 2 aromatic rings. The van der Waals surface area contributed by atoms with Crippen LogP contribution in [0.5, 0.6) is 5.75 Å². The van der Waals surface area contributed by atoms with Gasteiger partial charge in [0.15, 0.2) is 0 Å². The molecule has 120 valence electrons. The van der Waals surface area contributed by atoms with E-state index in [0.717, 1.165) is 0 Å². The highest BCUT2D eigenvalue weighted by atomic mass is 79.9. The van der Waals surface area contributed by atoms with Gasteiger partial charge in [-0.25, -0.2) is 9.31 Å². The van der Waals surface area contributed by atoms with Crippen molar-refractivity contribution in [3.63, 3.8) is 0 Å². The molecule has 9 heteroatoms. The molecule has 0 spiro atoms. The Morgan fingerprint density at radius 3 is 3.22 bits per heavy atom. The number of aromatic nitrogens is 2. The van der Waals surface area contributed by atoms with Gasteiger partial charge < -0.3 is 19.5 Å². The van der Waals surface area contributed by atoms with E-state index in [1.807, 2.05) is 0 Å². The Labute approximate surface area is 139 Å². The fourth-order valence-electron chi connectivity index (χ4n) is 2.39. The molecule has 1 atom stereocenters. The minimum Gasteiger partial charge on any atom is -0.489 e. The number of carbonyl (C=O) groups is 1. The first-order valence-corrected chi connectivity index (χ1v) is 7.67. The third-order valence-electron chi connectivity index (χ3n) is 3.51. The van der Waals surface area contributed by atoms with Gasteiger partial charge >= 0.3 is 6.09 Å². The van der Waals surface area contributed by atoms with Gasteiger partial charge in [0.25, 0.3) is 0 Å². The van der Waals surface area contributed by atoms with Crippen molar-refractivity contribution in [2.45, 2.75) is 6.10 Å². The molecule has 23 heavy (non-hydrogen) atoms. The molecule has 1 saturated heterocycles. The number of morpholine rings is 1. The molecule has 0 saturated carbocycles. The molecule has 3 heterocycles. The van der Waals surface area contributed by atoms with Crippen molar-refractivity contribution in [2.24, 2.45) is 0 Å². The summed E-state index contributed by atoms with van der Waals surface area (Å²) in [6.07, 6.45) is 1.88. The molecular weight excluding hydrogens is 368 g/mol. The van der Waals surface area contributed by atoms with E-state index in [9.17, 15) is 4.79 Å². The predicted octanol–water partition coefficient (Wildman–Crippen LogP) is 1.73. The van der Waals surface area contributed by atoms with Crippen molar-refractivity contribution in [1.29, 1.82) is 5.26 Å². The molecule has 0 radical (unpaired) electrons. The summed E-state index contributed by atoms with van der Waals surface area (Å²) in [5, 5.41) is 22.2. The minimum atomic E-state index is -0.956. The molecule has 0 aromatic carbocycles. The largest absolute Gasteiger partial charge is 0.489 e. The summed E-state index contributed by atoms with van der Waals surface area (Å²) >= 11 is 3.40.